The van der Waals surface area contributed by atoms with Gasteiger partial charge in [0, 0.05) is 37.6 Å². The second kappa shape index (κ2) is 6.83. The summed E-state index contributed by atoms with van der Waals surface area (Å²) < 4.78 is 7.42. The van der Waals surface area contributed by atoms with Crippen LogP contribution in [-0.2, 0) is 11.3 Å². The monoisotopic (exact) mass is 300 g/mol. The van der Waals surface area contributed by atoms with Crippen LogP contribution in [0.2, 0.25) is 0 Å². The van der Waals surface area contributed by atoms with Crippen LogP contribution < -0.4 is 10.2 Å². The third kappa shape index (κ3) is 3.42. The molecule has 0 unspecified atom stereocenters. The number of benzene rings is 1. The van der Waals surface area contributed by atoms with Gasteiger partial charge < -0.3 is 15.0 Å². The van der Waals surface area contributed by atoms with Gasteiger partial charge in [-0.2, -0.15) is 5.10 Å². The molecule has 2 aromatic rings. The molecule has 5 heteroatoms. The zero-order valence-corrected chi connectivity index (χ0v) is 13.3. The Kier molecular flexibility index (Phi) is 4.63. The van der Waals surface area contributed by atoms with Crippen LogP contribution in [0.1, 0.15) is 25.5 Å². The van der Waals surface area contributed by atoms with Crippen molar-refractivity contribution in [3.05, 3.63) is 42.2 Å². The first-order chi connectivity index (χ1) is 10.7. The quantitative estimate of drug-likeness (QED) is 0.922. The number of anilines is 2. The van der Waals surface area contributed by atoms with Gasteiger partial charge in [-0.05, 0) is 25.5 Å². The zero-order valence-electron chi connectivity index (χ0n) is 13.3. The van der Waals surface area contributed by atoms with E-state index in [0.29, 0.717) is 6.04 Å². The molecule has 1 fully saturated rings. The van der Waals surface area contributed by atoms with E-state index in [1.54, 1.807) is 0 Å². The van der Waals surface area contributed by atoms with E-state index in [-0.39, 0.29) is 0 Å². The van der Waals surface area contributed by atoms with Gasteiger partial charge in [0.15, 0.2) is 0 Å². The summed E-state index contributed by atoms with van der Waals surface area (Å²) in [5.74, 6) is 0. The van der Waals surface area contributed by atoms with Gasteiger partial charge in [-0.15, -0.1) is 0 Å². The molecule has 0 amide bonds. The van der Waals surface area contributed by atoms with Crippen LogP contribution >= 0.6 is 0 Å². The number of aromatic nitrogens is 2. The zero-order chi connectivity index (χ0) is 15.4. The third-order valence-corrected chi connectivity index (χ3v) is 3.96. The molecule has 1 N–H and O–H groups in total. The Balaban J connectivity index is 1.69. The van der Waals surface area contributed by atoms with E-state index in [2.05, 4.69) is 59.6 Å². The maximum absolute atomic E-state index is 5.45. The summed E-state index contributed by atoms with van der Waals surface area (Å²) in [4.78, 5) is 2.40. The average molecular weight is 300 g/mol. The fraction of sp³-hybridized carbons (Fsp3) is 0.471. The lowest BCUT2D eigenvalue weighted by molar-refractivity contribution is 0.122. The number of hydrogen-bond donors (Lipinski definition) is 1. The Morgan fingerprint density at radius 3 is 2.73 bits per heavy atom. The molecule has 2 heterocycles. The molecule has 0 radical (unpaired) electrons. The van der Waals surface area contributed by atoms with Crippen LogP contribution in [0.15, 0.2) is 36.7 Å². The molecule has 0 bridgehead atoms. The van der Waals surface area contributed by atoms with Crippen molar-refractivity contribution in [3.8, 4) is 0 Å². The first-order valence-electron chi connectivity index (χ1n) is 7.92. The summed E-state index contributed by atoms with van der Waals surface area (Å²) in [6.07, 6.45) is 3.94. The number of nitrogens with one attached hydrogen (secondary N) is 1. The predicted octanol–water partition coefficient (Wildman–Crippen LogP) is 2.91. The van der Waals surface area contributed by atoms with Gasteiger partial charge in [0.2, 0.25) is 0 Å². The summed E-state index contributed by atoms with van der Waals surface area (Å²) in [5, 5.41) is 7.84. The Bertz CT molecular complexity index is 602. The first-order valence-corrected chi connectivity index (χ1v) is 7.92. The van der Waals surface area contributed by atoms with Gasteiger partial charge in [-0.25, -0.2) is 0 Å². The molecule has 22 heavy (non-hydrogen) atoms. The van der Waals surface area contributed by atoms with Crippen molar-refractivity contribution in [1.29, 1.82) is 0 Å². The standard InChI is InChI=1S/C17H24N4O/c1-14(2)21-13-16(12-19-21)18-11-15-5-3-4-6-17(15)20-7-9-22-10-8-20/h3-6,12-14,18H,7-11H2,1-2H3. The molecule has 0 spiro atoms. The van der Waals surface area contributed by atoms with Crippen LogP contribution in [0.3, 0.4) is 0 Å². The molecular weight excluding hydrogens is 276 g/mol. The summed E-state index contributed by atoms with van der Waals surface area (Å²) in [5.41, 5.74) is 3.67. The first kappa shape index (κ1) is 14.9. The van der Waals surface area contributed by atoms with E-state index in [1.807, 2.05) is 10.9 Å². The van der Waals surface area contributed by atoms with Crippen LogP contribution in [0, 0.1) is 0 Å². The second-order valence-electron chi connectivity index (χ2n) is 5.88. The van der Waals surface area contributed by atoms with E-state index in [9.17, 15) is 0 Å². The Morgan fingerprint density at radius 1 is 1.23 bits per heavy atom. The van der Waals surface area contributed by atoms with Crippen molar-refractivity contribution in [3.63, 3.8) is 0 Å². The highest BCUT2D eigenvalue weighted by molar-refractivity contribution is 5.55. The minimum Gasteiger partial charge on any atom is -0.378 e. The lowest BCUT2D eigenvalue weighted by atomic mass is 10.1. The molecule has 118 valence electrons. The fourth-order valence-corrected chi connectivity index (χ4v) is 2.68. The number of ether oxygens (including phenoxy) is 1. The van der Waals surface area contributed by atoms with Crippen molar-refractivity contribution in [1.82, 2.24) is 9.78 Å². The number of nitrogens with zero attached hydrogens (tertiary/aromatic N) is 3. The predicted molar refractivity (Wildman–Crippen MR) is 89.4 cm³/mol. The van der Waals surface area contributed by atoms with Gasteiger partial charge in [0.25, 0.3) is 0 Å². The molecule has 1 aliphatic rings. The normalized spacial score (nSPS) is 15.3. The molecule has 0 aliphatic carbocycles. The number of hydrogen-bond acceptors (Lipinski definition) is 4. The molecule has 5 nitrogen and oxygen atoms in total. The summed E-state index contributed by atoms with van der Waals surface area (Å²) >= 11 is 0. The maximum Gasteiger partial charge on any atom is 0.0729 e. The van der Waals surface area contributed by atoms with Crippen LogP contribution in [0.25, 0.3) is 0 Å². The van der Waals surface area contributed by atoms with Crippen LogP contribution in [-0.4, -0.2) is 36.1 Å². The molecule has 0 atom stereocenters. The van der Waals surface area contributed by atoms with Crippen molar-refractivity contribution in [2.75, 3.05) is 36.5 Å². The number of rotatable bonds is 5. The minimum absolute atomic E-state index is 0.385. The number of para-hydroxylation sites is 1. The van der Waals surface area contributed by atoms with E-state index in [4.69, 9.17) is 4.74 Å². The van der Waals surface area contributed by atoms with Gasteiger partial charge in [-0.1, -0.05) is 18.2 Å². The Morgan fingerprint density at radius 2 is 2.00 bits per heavy atom. The molecule has 1 aliphatic heterocycles. The lowest BCUT2D eigenvalue weighted by Gasteiger charge is -2.30. The van der Waals surface area contributed by atoms with Crippen molar-refractivity contribution < 1.29 is 4.74 Å². The summed E-state index contributed by atoms with van der Waals surface area (Å²) in [7, 11) is 0. The topological polar surface area (TPSA) is 42.3 Å². The number of morpholine rings is 1. The highest BCUT2D eigenvalue weighted by Gasteiger charge is 2.14. The minimum atomic E-state index is 0.385. The van der Waals surface area contributed by atoms with E-state index in [1.165, 1.54) is 11.3 Å². The largest absolute Gasteiger partial charge is 0.378 e. The molecular formula is C17H24N4O. The van der Waals surface area contributed by atoms with E-state index in [0.717, 1.165) is 38.5 Å². The smallest absolute Gasteiger partial charge is 0.0729 e. The van der Waals surface area contributed by atoms with E-state index < -0.39 is 0 Å². The van der Waals surface area contributed by atoms with Gasteiger partial charge in [0.05, 0.1) is 25.1 Å². The third-order valence-electron chi connectivity index (χ3n) is 3.96. The SMILES string of the molecule is CC(C)n1cc(NCc2ccccc2N2CCOCC2)cn1. The maximum atomic E-state index is 5.45. The highest BCUT2D eigenvalue weighted by Crippen LogP contribution is 2.22. The van der Waals surface area contributed by atoms with Crippen LogP contribution in [0.4, 0.5) is 11.4 Å². The van der Waals surface area contributed by atoms with Crippen molar-refractivity contribution >= 4 is 11.4 Å². The lowest BCUT2D eigenvalue weighted by Crippen LogP contribution is -2.36. The molecule has 1 saturated heterocycles. The van der Waals surface area contributed by atoms with Crippen molar-refractivity contribution in [2.24, 2.45) is 0 Å². The van der Waals surface area contributed by atoms with Gasteiger partial charge in [0.1, 0.15) is 0 Å². The molecule has 3 rings (SSSR count). The van der Waals surface area contributed by atoms with Gasteiger partial charge >= 0.3 is 0 Å². The fourth-order valence-electron chi connectivity index (χ4n) is 2.68. The Hall–Kier alpha value is -2.01. The summed E-state index contributed by atoms with van der Waals surface area (Å²) in [6, 6.07) is 8.96. The highest BCUT2D eigenvalue weighted by atomic mass is 16.5. The Labute approximate surface area is 131 Å². The van der Waals surface area contributed by atoms with Crippen molar-refractivity contribution in [2.45, 2.75) is 26.4 Å². The molecule has 0 saturated carbocycles. The average Bonchev–Trinajstić information content (AvgIpc) is 3.03. The molecule has 1 aromatic heterocycles. The second-order valence-corrected chi connectivity index (χ2v) is 5.88. The van der Waals surface area contributed by atoms with E-state index >= 15 is 0 Å². The molecule has 1 aromatic carbocycles. The summed E-state index contributed by atoms with van der Waals surface area (Å²) in [6.45, 7) is 8.60. The van der Waals surface area contributed by atoms with Crippen LogP contribution in [0.5, 0.6) is 0 Å². The van der Waals surface area contributed by atoms with Gasteiger partial charge in [-0.3, -0.25) is 4.68 Å².